The quantitative estimate of drug-likeness (QED) is 0.379. The van der Waals surface area contributed by atoms with Crippen LogP contribution < -0.4 is 10.2 Å². The van der Waals surface area contributed by atoms with Gasteiger partial charge in [-0.2, -0.15) is 0 Å². The van der Waals surface area contributed by atoms with Crippen molar-refractivity contribution in [3.8, 4) is 5.69 Å². The lowest BCUT2D eigenvalue weighted by molar-refractivity contribution is -0.118. The molecule has 2 aromatic heterocycles. The fraction of sp³-hybridized carbons (Fsp3) is 0.320. The number of hydrogen-bond acceptors (Lipinski definition) is 6. The SMILES string of the molecule is Cc1ccccc1-n1c(SCC(=O)NCCc2c[nH]c3ccccc23)nnc1N1CCOCC1. The van der Waals surface area contributed by atoms with Crippen LogP contribution in [0.1, 0.15) is 11.1 Å². The minimum Gasteiger partial charge on any atom is -0.378 e. The van der Waals surface area contributed by atoms with E-state index < -0.39 is 0 Å². The van der Waals surface area contributed by atoms with Gasteiger partial charge in [0.05, 0.1) is 24.7 Å². The summed E-state index contributed by atoms with van der Waals surface area (Å²) in [5.74, 6) is 1.05. The zero-order valence-corrected chi connectivity index (χ0v) is 20.0. The molecule has 0 bridgehead atoms. The van der Waals surface area contributed by atoms with Crippen molar-refractivity contribution >= 4 is 34.5 Å². The number of carbonyl (C=O) groups excluding carboxylic acids is 1. The predicted molar refractivity (Wildman–Crippen MR) is 135 cm³/mol. The maximum absolute atomic E-state index is 12.6. The molecule has 5 rings (SSSR count). The summed E-state index contributed by atoms with van der Waals surface area (Å²) in [7, 11) is 0. The number of hydrogen-bond donors (Lipinski definition) is 2. The van der Waals surface area contributed by atoms with E-state index in [1.54, 1.807) is 0 Å². The third-order valence-corrected chi connectivity index (χ3v) is 6.92. The molecule has 1 aliphatic rings. The van der Waals surface area contributed by atoms with Gasteiger partial charge < -0.3 is 19.9 Å². The number of H-pyrrole nitrogens is 1. The number of aromatic amines is 1. The van der Waals surface area contributed by atoms with Gasteiger partial charge >= 0.3 is 0 Å². The molecule has 0 atom stereocenters. The number of anilines is 1. The molecule has 8 nitrogen and oxygen atoms in total. The number of benzene rings is 2. The molecular formula is C25H28N6O2S. The van der Waals surface area contributed by atoms with Gasteiger partial charge in [-0.3, -0.25) is 9.36 Å². The fourth-order valence-corrected chi connectivity index (χ4v) is 4.98. The van der Waals surface area contributed by atoms with Gasteiger partial charge in [0.25, 0.3) is 0 Å². The van der Waals surface area contributed by atoms with E-state index in [4.69, 9.17) is 4.74 Å². The molecule has 2 N–H and O–H groups in total. The molecule has 9 heteroatoms. The topological polar surface area (TPSA) is 88.1 Å². The smallest absolute Gasteiger partial charge is 0.232 e. The Hall–Kier alpha value is -3.30. The van der Waals surface area contributed by atoms with Crippen LogP contribution in [0.4, 0.5) is 5.95 Å². The molecule has 0 radical (unpaired) electrons. The molecule has 1 aliphatic heterocycles. The zero-order valence-electron chi connectivity index (χ0n) is 19.2. The van der Waals surface area contributed by atoms with E-state index in [2.05, 4.69) is 61.2 Å². The van der Waals surface area contributed by atoms with Gasteiger partial charge in [0, 0.05) is 36.7 Å². The number of ether oxygens (including phenoxy) is 1. The lowest BCUT2D eigenvalue weighted by Gasteiger charge is -2.28. The first-order chi connectivity index (χ1) is 16.7. The summed E-state index contributed by atoms with van der Waals surface area (Å²) < 4.78 is 7.57. The Labute approximate surface area is 202 Å². The maximum Gasteiger partial charge on any atom is 0.232 e. The van der Waals surface area contributed by atoms with Crippen LogP contribution in [-0.4, -0.2) is 64.3 Å². The Kier molecular flexibility index (Phi) is 6.82. The Bertz CT molecular complexity index is 1280. The summed E-state index contributed by atoms with van der Waals surface area (Å²) in [5, 5.41) is 13.9. The van der Waals surface area contributed by atoms with Crippen LogP contribution in [0.15, 0.2) is 59.9 Å². The van der Waals surface area contributed by atoms with Crippen molar-refractivity contribution in [2.45, 2.75) is 18.5 Å². The molecule has 0 spiro atoms. The second kappa shape index (κ2) is 10.3. The second-order valence-corrected chi connectivity index (χ2v) is 9.19. The number of morpholine rings is 1. The molecular weight excluding hydrogens is 448 g/mol. The highest BCUT2D eigenvalue weighted by Gasteiger charge is 2.23. The molecule has 1 amide bonds. The van der Waals surface area contributed by atoms with Crippen LogP contribution >= 0.6 is 11.8 Å². The highest BCUT2D eigenvalue weighted by atomic mass is 32.2. The van der Waals surface area contributed by atoms with E-state index >= 15 is 0 Å². The molecule has 1 fully saturated rings. The van der Waals surface area contributed by atoms with Crippen molar-refractivity contribution in [1.29, 1.82) is 0 Å². The lowest BCUT2D eigenvalue weighted by Crippen LogP contribution is -2.38. The minimum absolute atomic E-state index is 0.0166. The molecule has 1 saturated heterocycles. The lowest BCUT2D eigenvalue weighted by atomic mass is 10.1. The Morgan fingerprint density at radius 2 is 1.91 bits per heavy atom. The van der Waals surface area contributed by atoms with Gasteiger partial charge in [0.15, 0.2) is 5.16 Å². The Balaban J connectivity index is 1.25. The third-order valence-electron chi connectivity index (χ3n) is 5.99. The molecule has 2 aromatic carbocycles. The zero-order chi connectivity index (χ0) is 23.3. The van der Waals surface area contributed by atoms with Gasteiger partial charge in [0.2, 0.25) is 11.9 Å². The van der Waals surface area contributed by atoms with Crippen LogP contribution in [-0.2, 0) is 16.0 Å². The van der Waals surface area contributed by atoms with E-state index in [9.17, 15) is 4.79 Å². The molecule has 0 saturated carbocycles. The van der Waals surface area contributed by atoms with Crippen LogP contribution in [0.25, 0.3) is 16.6 Å². The monoisotopic (exact) mass is 476 g/mol. The molecule has 3 heterocycles. The van der Waals surface area contributed by atoms with Crippen molar-refractivity contribution in [3.63, 3.8) is 0 Å². The summed E-state index contributed by atoms with van der Waals surface area (Å²) in [6, 6.07) is 16.4. The van der Waals surface area contributed by atoms with E-state index in [0.29, 0.717) is 24.9 Å². The van der Waals surface area contributed by atoms with Gasteiger partial charge in [0.1, 0.15) is 0 Å². The van der Waals surface area contributed by atoms with Gasteiger partial charge in [-0.05, 0) is 36.6 Å². The molecule has 0 unspecified atom stereocenters. The van der Waals surface area contributed by atoms with Gasteiger partial charge in [-0.25, -0.2) is 0 Å². The third kappa shape index (κ3) is 4.80. The maximum atomic E-state index is 12.6. The summed E-state index contributed by atoms with van der Waals surface area (Å²) in [6.07, 6.45) is 2.80. The number of amides is 1. The number of nitrogens with zero attached hydrogens (tertiary/aromatic N) is 4. The molecule has 34 heavy (non-hydrogen) atoms. The molecule has 0 aliphatic carbocycles. The van der Waals surface area contributed by atoms with E-state index in [-0.39, 0.29) is 11.7 Å². The highest BCUT2D eigenvalue weighted by molar-refractivity contribution is 7.99. The normalized spacial score (nSPS) is 14.0. The highest BCUT2D eigenvalue weighted by Crippen LogP contribution is 2.28. The van der Waals surface area contributed by atoms with Crippen molar-refractivity contribution in [3.05, 3.63) is 65.9 Å². The van der Waals surface area contributed by atoms with Gasteiger partial charge in [-0.1, -0.05) is 48.2 Å². The first-order valence-corrected chi connectivity index (χ1v) is 12.5. The molecule has 4 aromatic rings. The second-order valence-electron chi connectivity index (χ2n) is 8.25. The van der Waals surface area contributed by atoms with Crippen molar-refractivity contribution < 1.29 is 9.53 Å². The number of carbonyl (C=O) groups is 1. The number of aromatic nitrogens is 4. The van der Waals surface area contributed by atoms with E-state index in [1.165, 1.54) is 22.7 Å². The average molecular weight is 477 g/mol. The predicted octanol–water partition coefficient (Wildman–Crippen LogP) is 3.34. The number of aryl methyl sites for hydroxylation is 1. The number of para-hydroxylation sites is 2. The number of thioether (sulfide) groups is 1. The van der Waals surface area contributed by atoms with Crippen LogP contribution in [0.3, 0.4) is 0 Å². The van der Waals surface area contributed by atoms with Crippen molar-refractivity contribution in [1.82, 2.24) is 25.1 Å². The largest absolute Gasteiger partial charge is 0.378 e. The van der Waals surface area contributed by atoms with Crippen LogP contribution in [0, 0.1) is 6.92 Å². The summed E-state index contributed by atoms with van der Waals surface area (Å²) in [6.45, 7) is 5.53. The van der Waals surface area contributed by atoms with Gasteiger partial charge in [-0.15, -0.1) is 10.2 Å². The molecule has 176 valence electrons. The fourth-order valence-electron chi connectivity index (χ4n) is 4.21. The minimum atomic E-state index is -0.0166. The number of rotatable bonds is 8. The summed E-state index contributed by atoms with van der Waals surface area (Å²) in [4.78, 5) is 18.1. The van der Waals surface area contributed by atoms with Crippen LogP contribution in [0.2, 0.25) is 0 Å². The summed E-state index contributed by atoms with van der Waals surface area (Å²) >= 11 is 1.41. The first kappa shape index (κ1) is 22.5. The van der Waals surface area contributed by atoms with Crippen LogP contribution in [0.5, 0.6) is 0 Å². The summed E-state index contributed by atoms with van der Waals surface area (Å²) in [5.41, 5.74) is 4.47. The first-order valence-electron chi connectivity index (χ1n) is 11.5. The van der Waals surface area contributed by atoms with Crippen molar-refractivity contribution in [2.24, 2.45) is 0 Å². The van der Waals surface area contributed by atoms with E-state index in [0.717, 1.165) is 42.2 Å². The Morgan fingerprint density at radius 3 is 2.76 bits per heavy atom. The Morgan fingerprint density at radius 1 is 1.12 bits per heavy atom. The average Bonchev–Trinajstić information content (AvgIpc) is 3.48. The van der Waals surface area contributed by atoms with E-state index in [1.807, 2.05) is 30.5 Å². The standard InChI is InChI=1S/C25H28N6O2S/c1-18-6-2-5-9-22(18)31-24(30-12-14-33-15-13-30)28-29-25(31)34-17-23(32)26-11-10-19-16-27-21-8-4-3-7-20(19)21/h2-9,16,27H,10-15,17H2,1H3,(H,26,32). The van der Waals surface area contributed by atoms with Crippen molar-refractivity contribution in [2.75, 3.05) is 43.5 Å². The number of fused-ring (bicyclic) bond motifs is 1. The number of nitrogens with one attached hydrogen (secondary N) is 2.